The lowest BCUT2D eigenvalue weighted by Gasteiger charge is -2.27. The number of carbonyl (C=O) groups excluding carboxylic acids is 1. The van der Waals surface area contributed by atoms with Crippen LogP contribution in [-0.2, 0) is 27.8 Å². The number of rotatable bonds is 9. The van der Waals surface area contributed by atoms with Crippen LogP contribution in [0.3, 0.4) is 0 Å². The van der Waals surface area contributed by atoms with Gasteiger partial charge in [0.1, 0.15) is 6.61 Å². The lowest BCUT2D eigenvalue weighted by molar-refractivity contribution is -0.118. The number of hydrogen-bond donors (Lipinski definition) is 2. The van der Waals surface area contributed by atoms with Crippen molar-refractivity contribution < 1.29 is 22.7 Å². The first kappa shape index (κ1) is 26.7. The van der Waals surface area contributed by atoms with Crippen LogP contribution in [0.15, 0.2) is 87.6 Å². The maximum Gasteiger partial charge on any atom is 0.262 e. The summed E-state index contributed by atoms with van der Waals surface area (Å²) in [5.74, 6) is 1.11. The van der Waals surface area contributed by atoms with Crippen LogP contribution in [0.5, 0.6) is 11.5 Å². The molecule has 0 fully saturated rings. The molecule has 1 aromatic heterocycles. The molecule has 3 N–H and O–H groups in total. The van der Waals surface area contributed by atoms with Crippen LogP contribution in [0.4, 0.5) is 0 Å². The summed E-state index contributed by atoms with van der Waals surface area (Å²) in [6.45, 7) is 0.848. The van der Waals surface area contributed by atoms with Gasteiger partial charge in [-0.15, -0.1) is 0 Å². The van der Waals surface area contributed by atoms with Crippen molar-refractivity contribution in [2.75, 3.05) is 18.9 Å². The number of benzene rings is 3. The third-order valence-corrected chi connectivity index (χ3v) is 8.01. The molecule has 0 aliphatic carbocycles. The lowest BCUT2D eigenvalue weighted by atomic mass is 10.1. The molecule has 1 aliphatic rings. The van der Waals surface area contributed by atoms with Crippen LogP contribution in [0.2, 0.25) is 0 Å². The van der Waals surface area contributed by atoms with Gasteiger partial charge < -0.3 is 14.8 Å². The quantitative estimate of drug-likeness (QED) is 0.232. The molecule has 1 amide bonds. The molecule has 0 radical (unpaired) electrons. The minimum absolute atomic E-state index is 0.0371. The molecule has 0 spiro atoms. The van der Waals surface area contributed by atoms with Crippen LogP contribution < -0.4 is 25.5 Å². The summed E-state index contributed by atoms with van der Waals surface area (Å²) in [4.78, 5) is 30.7. The average Bonchev–Trinajstić information content (AvgIpc) is 2.93. The molecule has 0 saturated carbocycles. The summed E-state index contributed by atoms with van der Waals surface area (Å²) in [5.41, 5.74) is 1.20. The molecule has 0 saturated heterocycles. The maximum atomic E-state index is 13.4. The van der Waals surface area contributed by atoms with E-state index in [-0.39, 0.29) is 35.3 Å². The molecule has 5 rings (SSSR count). The second-order valence-electron chi connectivity index (χ2n) is 8.90. The number of hydrogen-bond acceptors (Lipinski definition) is 8. The Bertz CT molecular complexity index is 1670. The highest BCUT2D eigenvalue weighted by molar-refractivity contribution is 7.99. The first-order valence-corrected chi connectivity index (χ1v) is 14.7. The van der Waals surface area contributed by atoms with E-state index >= 15 is 0 Å². The van der Waals surface area contributed by atoms with Crippen molar-refractivity contribution in [3.05, 3.63) is 88.7 Å². The van der Waals surface area contributed by atoms with Crippen molar-refractivity contribution in [1.82, 2.24) is 14.9 Å². The molecule has 39 heavy (non-hydrogen) atoms. The summed E-state index contributed by atoms with van der Waals surface area (Å²) >= 11 is 1.17. The molecule has 12 heteroatoms. The number of nitrogens with zero attached hydrogens (tertiary/aromatic N) is 2. The number of ether oxygens (including phenoxy) is 2. The Kier molecular flexibility index (Phi) is 7.87. The van der Waals surface area contributed by atoms with Crippen LogP contribution in [0.25, 0.3) is 10.9 Å². The SMILES string of the molecule is NS(=O)(=O)c1ccc(CCNC(=O)CSc2nc3ccccc3c(=O)n2CC2COc3ccccc3O2)cc1. The largest absolute Gasteiger partial charge is 0.486 e. The van der Waals surface area contributed by atoms with E-state index in [9.17, 15) is 18.0 Å². The van der Waals surface area contributed by atoms with Gasteiger partial charge in [-0.25, -0.2) is 18.5 Å². The van der Waals surface area contributed by atoms with Crippen molar-refractivity contribution in [2.45, 2.75) is 29.1 Å². The van der Waals surface area contributed by atoms with Gasteiger partial charge in [0.2, 0.25) is 15.9 Å². The van der Waals surface area contributed by atoms with Gasteiger partial charge in [-0.3, -0.25) is 14.2 Å². The fourth-order valence-electron chi connectivity index (χ4n) is 4.15. The van der Waals surface area contributed by atoms with Gasteiger partial charge in [0.25, 0.3) is 5.56 Å². The van der Waals surface area contributed by atoms with E-state index in [4.69, 9.17) is 14.6 Å². The second-order valence-corrected chi connectivity index (χ2v) is 11.4. The van der Waals surface area contributed by atoms with Gasteiger partial charge in [0.15, 0.2) is 22.8 Å². The van der Waals surface area contributed by atoms with Crippen LogP contribution in [0.1, 0.15) is 5.56 Å². The number of fused-ring (bicyclic) bond motifs is 2. The second kappa shape index (κ2) is 11.5. The topological polar surface area (TPSA) is 143 Å². The molecular weight excluding hydrogens is 540 g/mol. The van der Waals surface area contributed by atoms with E-state index < -0.39 is 16.1 Å². The van der Waals surface area contributed by atoms with E-state index in [2.05, 4.69) is 10.3 Å². The van der Waals surface area contributed by atoms with E-state index in [1.54, 1.807) is 30.3 Å². The van der Waals surface area contributed by atoms with Gasteiger partial charge in [-0.05, 0) is 48.4 Å². The molecule has 2 heterocycles. The number of aromatic nitrogens is 2. The summed E-state index contributed by atoms with van der Waals surface area (Å²) in [6.07, 6.45) is 0.107. The number of nitrogens with two attached hydrogens (primary N) is 1. The number of para-hydroxylation sites is 3. The zero-order valence-electron chi connectivity index (χ0n) is 20.8. The smallest absolute Gasteiger partial charge is 0.262 e. The Balaban J connectivity index is 1.25. The number of carbonyl (C=O) groups is 1. The Hall–Kier alpha value is -3.87. The van der Waals surface area contributed by atoms with Crippen LogP contribution in [0, 0.1) is 0 Å². The number of nitrogens with one attached hydrogen (secondary N) is 1. The highest BCUT2D eigenvalue weighted by Crippen LogP contribution is 2.31. The van der Waals surface area contributed by atoms with E-state index in [0.717, 1.165) is 5.56 Å². The van der Waals surface area contributed by atoms with E-state index in [1.165, 1.54) is 28.5 Å². The minimum Gasteiger partial charge on any atom is -0.486 e. The number of thioether (sulfide) groups is 1. The van der Waals surface area contributed by atoms with E-state index in [1.807, 2.05) is 30.3 Å². The predicted octanol–water partition coefficient (Wildman–Crippen LogP) is 2.33. The zero-order chi connectivity index (χ0) is 27.4. The van der Waals surface area contributed by atoms with E-state index in [0.29, 0.717) is 40.5 Å². The summed E-state index contributed by atoms with van der Waals surface area (Å²) in [5, 5.41) is 8.87. The summed E-state index contributed by atoms with van der Waals surface area (Å²) in [6, 6.07) is 20.7. The van der Waals surface area contributed by atoms with Crippen LogP contribution >= 0.6 is 11.8 Å². The average molecular weight is 567 g/mol. The van der Waals surface area contributed by atoms with Crippen molar-refractivity contribution in [1.29, 1.82) is 0 Å². The zero-order valence-corrected chi connectivity index (χ0v) is 22.4. The standard InChI is InChI=1S/C27H26N4O6S2/c28-39(34,35)20-11-9-18(10-12-20)13-14-29-25(32)17-38-27-30-22-6-2-1-5-21(22)26(33)31(27)15-19-16-36-23-7-3-4-8-24(23)37-19/h1-12,19H,13-17H2,(H,29,32)(H2,28,34,35). The molecule has 10 nitrogen and oxygen atoms in total. The molecule has 1 atom stereocenters. The minimum atomic E-state index is -3.75. The summed E-state index contributed by atoms with van der Waals surface area (Å²) < 4.78 is 36.2. The fraction of sp³-hybridized carbons (Fsp3) is 0.222. The summed E-state index contributed by atoms with van der Waals surface area (Å²) in [7, 11) is -3.75. The highest BCUT2D eigenvalue weighted by Gasteiger charge is 2.24. The number of sulfonamides is 1. The maximum absolute atomic E-state index is 13.4. The first-order valence-electron chi connectivity index (χ1n) is 12.2. The van der Waals surface area contributed by atoms with Gasteiger partial charge in [0, 0.05) is 6.54 Å². The number of amides is 1. The van der Waals surface area contributed by atoms with Gasteiger partial charge in [0.05, 0.1) is 28.1 Å². The van der Waals surface area contributed by atoms with Gasteiger partial charge in [-0.2, -0.15) is 0 Å². The molecule has 0 bridgehead atoms. The molecule has 1 unspecified atom stereocenters. The van der Waals surface area contributed by atoms with Crippen molar-refractivity contribution in [2.24, 2.45) is 5.14 Å². The monoisotopic (exact) mass is 566 g/mol. The first-order chi connectivity index (χ1) is 18.8. The van der Waals surface area contributed by atoms with Crippen molar-refractivity contribution in [3.63, 3.8) is 0 Å². The van der Waals surface area contributed by atoms with Crippen molar-refractivity contribution in [3.8, 4) is 11.5 Å². The van der Waals surface area contributed by atoms with Crippen LogP contribution in [-0.4, -0.2) is 48.9 Å². The fourth-order valence-corrected chi connectivity index (χ4v) is 5.50. The highest BCUT2D eigenvalue weighted by atomic mass is 32.2. The molecule has 202 valence electrons. The Morgan fingerprint density at radius 3 is 2.54 bits per heavy atom. The normalized spacial score (nSPS) is 14.7. The van der Waals surface area contributed by atoms with Crippen molar-refractivity contribution >= 4 is 38.6 Å². The predicted molar refractivity (Wildman–Crippen MR) is 148 cm³/mol. The van der Waals surface area contributed by atoms with Gasteiger partial charge in [-0.1, -0.05) is 48.2 Å². The Morgan fingerprint density at radius 1 is 1.05 bits per heavy atom. The third-order valence-electron chi connectivity index (χ3n) is 6.10. The molecule has 1 aliphatic heterocycles. The molecule has 3 aromatic carbocycles. The lowest BCUT2D eigenvalue weighted by Crippen LogP contribution is -2.37. The van der Waals surface area contributed by atoms with Gasteiger partial charge >= 0.3 is 0 Å². The molecular formula is C27H26N4O6S2. The third kappa shape index (κ3) is 6.41. The number of primary sulfonamides is 1. The Morgan fingerprint density at radius 2 is 1.77 bits per heavy atom. The Labute approximate surface area is 229 Å². The molecule has 4 aromatic rings.